The number of carbonyl (C=O) groups is 1. The van der Waals surface area contributed by atoms with E-state index in [0.717, 1.165) is 5.56 Å². The number of hydrogen-bond donors (Lipinski definition) is 1. The number of benzene rings is 2. The predicted octanol–water partition coefficient (Wildman–Crippen LogP) is 3.37. The van der Waals surface area contributed by atoms with Crippen molar-refractivity contribution in [2.45, 2.75) is 13.0 Å². The van der Waals surface area contributed by atoms with Crippen LogP contribution in [0.4, 0.5) is 4.39 Å². The minimum Gasteiger partial charge on any atom is -0.341 e. The van der Waals surface area contributed by atoms with Gasteiger partial charge in [-0.05, 0) is 36.8 Å². The number of aromatic nitrogens is 2. The Balaban J connectivity index is 1.72. The van der Waals surface area contributed by atoms with Crippen molar-refractivity contribution in [3.63, 3.8) is 0 Å². The Morgan fingerprint density at radius 3 is 2.52 bits per heavy atom. The molecule has 1 N–H and O–H groups in total. The van der Waals surface area contributed by atoms with Crippen LogP contribution in [0.1, 0.15) is 29.2 Å². The second-order valence-corrected chi connectivity index (χ2v) is 5.04. The summed E-state index contributed by atoms with van der Waals surface area (Å²) in [6, 6.07) is 15.0. The summed E-state index contributed by atoms with van der Waals surface area (Å²) < 4.78 is 17.9. The minimum absolute atomic E-state index is 0.132. The summed E-state index contributed by atoms with van der Waals surface area (Å²) in [7, 11) is 0. The zero-order valence-corrected chi connectivity index (χ0v) is 12.4. The summed E-state index contributed by atoms with van der Waals surface area (Å²) in [5.41, 5.74) is 1.55. The van der Waals surface area contributed by atoms with Crippen LogP contribution < -0.4 is 5.32 Å². The molecule has 116 valence electrons. The molecular formula is C17H14FN3O2. The van der Waals surface area contributed by atoms with E-state index in [-0.39, 0.29) is 23.6 Å². The number of nitrogens with one attached hydrogen (secondary N) is 1. The van der Waals surface area contributed by atoms with E-state index in [4.69, 9.17) is 4.52 Å². The molecule has 5 nitrogen and oxygen atoms in total. The molecule has 0 aliphatic heterocycles. The third-order valence-electron chi connectivity index (χ3n) is 3.37. The highest BCUT2D eigenvalue weighted by Crippen LogP contribution is 2.17. The number of rotatable bonds is 4. The molecule has 1 heterocycles. The lowest BCUT2D eigenvalue weighted by molar-refractivity contribution is 0.0895. The molecule has 0 spiro atoms. The van der Waals surface area contributed by atoms with Crippen molar-refractivity contribution >= 4 is 5.91 Å². The quantitative estimate of drug-likeness (QED) is 0.802. The van der Waals surface area contributed by atoms with Gasteiger partial charge in [-0.1, -0.05) is 35.5 Å². The average molecular weight is 311 g/mol. The largest absolute Gasteiger partial charge is 0.341 e. The van der Waals surface area contributed by atoms with Crippen LogP contribution in [0.2, 0.25) is 0 Å². The predicted molar refractivity (Wildman–Crippen MR) is 82.0 cm³/mol. The normalized spacial score (nSPS) is 11.9. The molecule has 0 bridgehead atoms. The maximum Gasteiger partial charge on any atom is 0.316 e. The summed E-state index contributed by atoms with van der Waals surface area (Å²) in [6.07, 6.45) is 0. The molecule has 0 aliphatic carbocycles. The van der Waals surface area contributed by atoms with Gasteiger partial charge in [-0.2, -0.15) is 4.98 Å². The standard InChI is InChI=1S/C17H14FN3O2/c1-11(12-5-3-2-4-6-12)19-16(22)17-20-15(21-23-17)13-7-9-14(18)10-8-13/h2-11H,1H3,(H,19,22)/t11-/m0/s1. The SMILES string of the molecule is C[C@H](NC(=O)c1nc(-c2ccc(F)cc2)no1)c1ccccc1. The molecule has 0 unspecified atom stereocenters. The molecule has 0 fully saturated rings. The van der Waals surface area contributed by atoms with Crippen LogP contribution in [0.3, 0.4) is 0 Å². The Bertz CT molecular complexity index is 800. The van der Waals surface area contributed by atoms with E-state index in [1.54, 1.807) is 0 Å². The van der Waals surface area contributed by atoms with Crippen molar-refractivity contribution in [3.05, 3.63) is 71.9 Å². The van der Waals surface area contributed by atoms with E-state index in [2.05, 4.69) is 15.5 Å². The minimum atomic E-state index is -0.456. The van der Waals surface area contributed by atoms with E-state index < -0.39 is 5.91 Å². The fourth-order valence-corrected chi connectivity index (χ4v) is 2.12. The van der Waals surface area contributed by atoms with E-state index in [9.17, 15) is 9.18 Å². The molecule has 1 atom stereocenters. The maximum atomic E-state index is 12.9. The summed E-state index contributed by atoms with van der Waals surface area (Å²) in [6.45, 7) is 1.87. The maximum absolute atomic E-state index is 12.9. The number of carbonyl (C=O) groups excluding carboxylic acids is 1. The van der Waals surface area contributed by atoms with Gasteiger partial charge in [0.1, 0.15) is 5.82 Å². The van der Waals surface area contributed by atoms with E-state index in [0.29, 0.717) is 5.56 Å². The second kappa shape index (κ2) is 6.39. The molecule has 0 saturated heterocycles. The van der Waals surface area contributed by atoms with Gasteiger partial charge in [-0.25, -0.2) is 4.39 Å². The van der Waals surface area contributed by atoms with Gasteiger partial charge >= 0.3 is 11.8 Å². The Labute approximate surface area is 132 Å². The highest BCUT2D eigenvalue weighted by Gasteiger charge is 2.18. The molecule has 6 heteroatoms. The number of nitrogens with zero attached hydrogens (tertiary/aromatic N) is 2. The van der Waals surface area contributed by atoms with E-state index in [1.807, 2.05) is 37.3 Å². The Hall–Kier alpha value is -3.02. The summed E-state index contributed by atoms with van der Waals surface area (Å²) in [5.74, 6) is -0.705. The topological polar surface area (TPSA) is 68.0 Å². The number of hydrogen-bond acceptors (Lipinski definition) is 4. The first-order valence-corrected chi connectivity index (χ1v) is 7.09. The first-order chi connectivity index (χ1) is 11.1. The Morgan fingerprint density at radius 2 is 1.83 bits per heavy atom. The van der Waals surface area contributed by atoms with E-state index >= 15 is 0 Å². The summed E-state index contributed by atoms with van der Waals surface area (Å²) >= 11 is 0. The third-order valence-corrected chi connectivity index (χ3v) is 3.37. The Kier molecular flexibility index (Phi) is 4.14. The van der Waals surface area contributed by atoms with Crippen molar-refractivity contribution in [2.24, 2.45) is 0 Å². The highest BCUT2D eigenvalue weighted by molar-refractivity contribution is 5.90. The van der Waals surface area contributed by atoms with Gasteiger partial charge in [0.15, 0.2) is 0 Å². The molecule has 1 aromatic heterocycles. The molecule has 23 heavy (non-hydrogen) atoms. The van der Waals surface area contributed by atoms with Gasteiger partial charge in [-0.15, -0.1) is 0 Å². The van der Waals surface area contributed by atoms with Crippen molar-refractivity contribution in [2.75, 3.05) is 0 Å². The molecule has 1 amide bonds. The van der Waals surface area contributed by atoms with Crippen LogP contribution in [-0.2, 0) is 0 Å². The average Bonchev–Trinajstić information content (AvgIpc) is 3.06. The molecule has 0 radical (unpaired) electrons. The van der Waals surface area contributed by atoms with Crippen LogP contribution >= 0.6 is 0 Å². The van der Waals surface area contributed by atoms with Gasteiger partial charge in [-0.3, -0.25) is 4.79 Å². The third kappa shape index (κ3) is 3.42. The van der Waals surface area contributed by atoms with Crippen molar-refractivity contribution in [1.82, 2.24) is 15.5 Å². The number of halogens is 1. The molecular weight excluding hydrogens is 297 g/mol. The lowest BCUT2D eigenvalue weighted by Gasteiger charge is -2.12. The fraction of sp³-hybridized carbons (Fsp3) is 0.118. The van der Waals surface area contributed by atoms with Crippen LogP contribution in [0.15, 0.2) is 59.1 Å². The zero-order chi connectivity index (χ0) is 16.2. The lowest BCUT2D eigenvalue weighted by atomic mass is 10.1. The summed E-state index contributed by atoms with van der Waals surface area (Å²) in [5, 5.41) is 6.54. The molecule has 3 rings (SSSR count). The van der Waals surface area contributed by atoms with Gasteiger partial charge in [0.2, 0.25) is 5.82 Å². The van der Waals surface area contributed by atoms with Crippen LogP contribution in [-0.4, -0.2) is 16.0 Å². The fourth-order valence-electron chi connectivity index (χ4n) is 2.12. The van der Waals surface area contributed by atoms with Crippen LogP contribution in [0, 0.1) is 5.82 Å². The molecule has 2 aromatic carbocycles. The van der Waals surface area contributed by atoms with Crippen molar-refractivity contribution in [1.29, 1.82) is 0 Å². The number of amides is 1. The lowest BCUT2D eigenvalue weighted by Crippen LogP contribution is -2.26. The van der Waals surface area contributed by atoms with Gasteiger partial charge in [0.05, 0.1) is 6.04 Å². The van der Waals surface area contributed by atoms with E-state index in [1.165, 1.54) is 24.3 Å². The smallest absolute Gasteiger partial charge is 0.316 e. The molecule has 0 saturated carbocycles. The molecule has 3 aromatic rings. The monoisotopic (exact) mass is 311 g/mol. The van der Waals surface area contributed by atoms with Crippen molar-refractivity contribution in [3.8, 4) is 11.4 Å². The van der Waals surface area contributed by atoms with Gasteiger partial charge in [0.25, 0.3) is 0 Å². The summed E-state index contributed by atoms with van der Waals surface area (Å²) in [4.78, 5) is 16.2. The molecule has 0 aliphatic rings. The Morgan fingerprint density at radius 1 is 1.13 bits per heavy atom. The zero-order valence-electron chi connectivity index (χ0n) is 12.4. The van der Waals surface area contributed by atoms with Gasteiger partial charge in [0, 0.05) is 5.56 Å². The van der Waals surface area contributed by atoms with Crippen LogP contribution in [0.25, 0.3) is 11.4 Å². The first kappa shape index (κ1) is 14.9. The second-order valence-electron chi connectivity index (χ2n) is 5.04. The van der Waals surface area contributed by atoms with Gasteiger partial charge < -0.3 is 9.84 Å². The van der Waals surface area contributed by atoms with Crippen molar-refractivity contribution < 1.29 is 13.7 Å². The van der Waals surface area contributed by atoms with Crippen LogP contribution in [0.5, 0.6) is 0 Å². The highest BCUT2D eigenvalue weighted by atomic mass is 19.1. The first-order valence-electron chi connectivity index (χ1n) is 7.09.